The van der Waals surface area contributed by atoms with E-state index in [4.69, 9.17) is 4.74 Å². The molecule has 1 unspecified atom stereocenters. The highest BCUT2D eigenvalue weighted by Gasteiger charge is 2.16. The number of pyridine rings is 1. The lowest BCUT2D eigenvalue weighted by Gasteiger charge is -2.12. The highest BCUT2D eigenvalue weighted by Crippen LogP contribution is 2.25. The third kappa shape index (κ3) is 1.30. The Morgan fingerprint density at radius 3 is 3.20 bits per heavy atom. The molecule has 1 N–H and O–H groups in total. The van der Waals surface area contributed by atoms with E-state index in [0.29, 0.717) is 0 Å². The summed E-state index contributed by atoms with van der Waals surface area (Å²) in [6.45, 7) is 0. The van der Waals surface area contributed by atoms with Crippen molar-refractivity contribution in [3.8, 4) is 0 Å². The predicted octanol–water partition coefficient (Wildman–Crippen LogP) is 2.10. The van der Waals surface area contributed by atoms with Crippen LogP contribution in [0.3, 0.4) is 0 Å². The Morgan fingerprint density at radius 1 is 1.33 bits per heavy atom. The molecule has 3 heterocycles. The molecule has 0 radical (unpaired) electrons. The number of nitrogens with one attached hydrogen (secondary N) is 1. The summed E-state index contributed by atoms with van der Waals surface area (Å²) in [7, 11) is 0. The van der Waals surface area contributed by atoms with Gasteiger partial charge in [-0.1, -0.05) is 6.08 Å². The van der Waals surface area contributed by atoms with Crippen LogP contribution in [0.15, 0.2) is 42.8 Å². The fraction of sp³-hybridized carbons (Fsp3) is 0.0909. The summed E-state index contributed by atoms with van der Waals surface area (Å²) < 4.78 is 5.45. The van der Waals surface area contributed by atoms with Crippen molar-refractivity contribution in [1.29, 1.82) is 0 Å². The molecule has 74 valence electrons. The monoisotopic (exact) mass is 199 g/mol. The normalized spacial score (nSPS) is 19.3. The lowest BCUT2D eigenvalue weighted by molar-refractivity contribution is 0.183. The average molecular weight is 199 g/mol. The van der Waals surface area contributed by atoms with Crippen LogP contribution in [0, 0.1) is 0 Å². The van der Waals surface area contributed by atoms with Crippen molar-refractivity contribution in [2.75, 3.05) is 0 Å². The van der Waals surface area contributed by atoms with E-state index in [0.717, 1.165) is 16.7 Å². The van der Waals surface area contributed by atoms with Crippen molar-refractivity contribution in [2.45, 2.75) is 6.10 Å². The minimum atomic E-state index is -0.116. The van der Waals surface area contributed by atoms with Gasteiger partial charge in [0.25, 0.3) is 0 Å². The standard InChI is InChI=1S/C11H9N3O/c1-2-7-15-9(5-1)11-10-8(13-14-11)4-3-6-12-10/h1-7,9H,(H,13,14). The zero-order valence-electron chi connectivity index (χ0n) is 7.92. The topological polar surface area (TPSA) is 50.8 Å². The molecule has 0 spiro atoms. The zero-order valence-corrected chi connectivity index (χ0v) is 7.92. The summed E-state index contributed by atoms with van der Waals surface area (Å²) in [5, 5.41) is 7.13. The van der Waals surface area contributed by atoms with Crippen LogP contribution in [0.1, 0.15) is 11.8 Å². The fourth-order valence-corrected chi connectivity index (χ4v) is 1.62. The van der Waals surface area contributed by atoms with Gasteiger partial charge in [-0.2, -0.15) is 5.10 Å². The van der Waals surface area contributed by atoms with E-state index >= 15 is 0 Å². The maximum absolute atomic E-state index is 5.45. The fourth-order valence-electron chi connectivity index (χ4n) is 1.62. The molecule has 0 saturated heterocycles. The van der Waals surface area contributed by atoms with Gasteiger partial charge >= 0.3 is 0 Å². The molecule has 4 heteroatoms. The first-order valence-corrected chi connectivity index (χ1v) is 4.73. The largest absolute Gasteiger partial charge is 0.488 e. The van der Waals surface area contributed by atoms with Crippen molar-refractivity contribution < 1.29 is 4.74 Å². The van der Waals surface area contributed by atoms with Crippen molar-refractivity contribution in [2.24, 2.45) is 0 Å². The van der Waals surface area contributed by atoms with Gasteiger partial charge in [0.05, 0.1) is 6.26 Å². The number of hydrogen-bond donors (Lipinski definition) is 1. The number of nitrogens with zero attached hydrogens (tertiary/aromatic N) is 2. The molecule has 0 saturated carbocycles. The van der Waals surface area contributed by atoms with E-state index in [9.17, 15) is 0 Å². The highest BCUT2D eigenvalue weighted by molar-refractivity contribution is 5.77. The summed E-state index contributed by atoms with van der Waals surface area (Å²) in [6.07, 6.45) is 9.06. The Labute approximate surface area is 86.3 Å². The molecule has 0 fully saturated rings. The average Bonchev–Trinajstić information content (AvgIpc) is 2.74. The van der Waals surface area contributed by atoms with Gasteiger partial charge < -0.3 is 4.74 Å². The van der Waals surface area contributed by atoms with Crippen LogP contribution in [0.25, 0.3) is 11.0 Å². The molecule has 1 atom stereocenters. The maximum Gasteiger partial charge on any atom is 0.160 e. The van der Waals surface area contributed by atoms with Gasteiger partial charge in [-0.3, -0.25) is 10.1 Å². The number of aromatic nitrogens is 3. The number of fused-ring (bicyclic) bond motifs is 1. The van der Waals surface area contributed by atoms with Gasteiger partial charge in [0.2, 0.25) is 0 Å². The first-order chi connectivity index (χ1) is 7.45. The third-order valence-electron chi connectivity index (χ3n) is 2.32. The lowest BCUT2D eigenvalue weighted by Crippen LogP contribution is -2.00. The summed E-state index contributed by atoms with van der Waals surface area (Å²) >= 11 is 0. The summed E-state index contributed by atoms with van der Waals surface area (Å²) in [5.41, 5.74) is 2.62. The molecule has 2 aromatic heterocycles. The van der Waals surface area contributed by atoms with Crippen molar-refractivity contribution in [3.05, 3.63) is 48.5 Å². The van der Waals surface area contributed by atoms with Crippen LogP contribution in [0.2, 0.25) is 0 Å². The molecular weight excluding hydrogens is 190 g/mol. The predicted molar refractivity (Wildman–Crippen MR) is 56.0 cm³/mol. The van der Waals surface area contributed by atoms with E-state index in [1.807, 2.05) is 30.4 Å². The van der Waals surface area contributed by atoms with E-state index in [1.165, 1.54) is 0 Å². The van der Waals surface area contributed by atoms with Crippen LogP contribution in [0.5, 0.6) is 0 Å². The van der Waals surface area contributed by atoms with Crippen LogP contribution in [-0.2, 0) is 4.74 Å². The first kappa shape index (κ1) is 8.23. The molecule has 1 aliphatic heterocycles. The number of rotatable bonds is 1. The molecule has 0 aromatic carbocycles. The maximum atomic E-state index is 5.45. The zero-order chi connectivity index (χ0) is 10.1. The Hall–Kier alpha value is -2.10. The molecular formula is C11H9N3O. The number of aromatic amines is 1. The highest BCUT2D eigenvalue weighted by atomic mass is 16.5. The first-order valence-electron chi connectivity index (χ1n) is 4.73. The Balaban J connectivity index is 2.11. The quantitative estimate of drug-likeness (QED) is 0.765. The smallest absolute Gasteiger partial charge is 0.160 e. The van der Waals surface area contributed by atoms with E-state index in [1.54, 1.807) is 12.5 Å². The molecule has 0 amide bonds. The second-order valence-electron chi connectivity index (χ2n) is 3.28. The summed E-state index contributed by atoms with van der Waals surface area (Å²) in [4.78, 5) is 4.28. The van der Waals surface area contributed by atoms with Gasteiger partial charge in [-0.25, -0.2) is 0 Å². The molecule has 3 rings (SSSR count). The number of H-pyrrole nitrogens is 1. The van der Waals surface area contributed by atoms with E-state index in [-0.39, 0.29) is 6.10 Å². The Kier molecular flexibility index (Phi) is 1.78. The third-order valence-corrected chi connectivity index (χ3v) is 2.32. The second kappa shape index (κ2) is 3.24. The molecule has 2 aromatic rings. The Bertz CT molecular complexity index is 542. The van der Waals surface area contributed by atoms with Gasteiger partial charge in [-0.15, -0.1) is 0 Å². The van der Waals surface area contributed by atoms with Crippen molar-refractivity contribution in [1.82, 2.24) is 15.2 Å². The van der Waals surface area contributed by atoms with Crippen molar-refractivity contribution >= 4 is 11.0 Å². The Morgan fingerprint density at radius 2 is 2.33 bits per heavy atom. The number of ether oxygens (including phenoxy) is 1. The molecule has 4 nitrogen and oxygen atoms in total. The van der Waals surface area contributed by atoms with Crippen molar-refractivity contribution in [3.63, 3.8) is 0 Å². The van der Waals surface area contributed by atoms with E-state index in [2.05, 4.69) is 15.2 Å². The number of allylic oxidation sites excluding steroid dienone is 2. The summed E-state index contributed by atoms with van der Waals surface area (Å²) in [5.74, 6) is 0. The molecule has 1 aliphatic rings. The van der Waals surface area contributed by atoms with Gasteiger partial charge in [0.1, 0.15) is 16.7 Å². The van der Waals surface area contributed by atoms with Crippen LogP contribution < -0.4 is 0 Å². The second-order valence-corrected chi connectivity index (χ2v) is 3.28. The van der Waals surface area contributed by atoms with E-state index < -0.39 is 0 Å². The summed E-state index contributed by atoms with van der Waals surface area (Å²) in [6, 6.07) is 3.79. The number of hydrogen-bond acceptors (Lipinski definition) is 3. The SMILES string of the molecule is C1=COC(c2[nH]nc3cccnc23)C=C1. The molecule has 15 heavy (non-hydrogen) atoms. The lowest BCUT2D eigenvalue weighted by atomic mass is 10.2. The minimum absolute atomic E-state index is 0.116. The minimum Gasteiger partial charge on any atom is -0.488 e. The van der Waals surface area contributed by atoms with Crippen LogP contribution in [0.4, 0.5) is 0 Å². The van der Waals surface area contributed by atoms with Gasteiger partial charge in [0.15, 0.2) is 6.10 Å². The van der Waals surface area contributed by atoms with Gasteiger partial charge in [-0.05, 0) is 24.3 Å². The molecule has 0 aliphatic carbocycles. The van der Waals surface area contributed by atoms with Gasteiger partial charge in [0, 0.05) is 6.20 Å². The van der Waals surface area contributed by atoms with Crippen LogP contribution >= 0.6 is 0 Å². The molecule has 0 bridgehead atoms. The van der Waals surface area contributed by atoms with Crippen LogP contribution in [-0.4, -0.2) is 15.2 Å².